The van der Waals surface area contributed by atoms with Crippen LogP contribution in [0.25, 0.3) is 0 Å². The average Bonchev–Trinajstić information content (AvgIpc) is 3.16. The van der Waals surface area contributed by atoms with Crippen molar-refractivity contribution < 1.29 is 0 Å². The van der Waals surface area contributed by atoms with Crippen molar-refractivity contribution >= 4 is 11.6 Å². The number of aromatic nitrogens is 2. The normalized spacial score (nSPS) is 22.6. The molecule has 2 aliphatic rings. The van der Waals surface area contributed by atoms with Crippen molar-refractivity contribution in [3.05, 3.63) is 11.4 Å². The third-order valence-electron chi connectivity index (χ3n) is 4.51. The molecule has 0 aromatic carbocycles. The largest absolute Gasteiger partial charge is 0.373 e. The van der Waals surface area contributed by atoms with Gasteiger partial charge in [0, 0.05) is 37.7 Å². The average molecular weight is 275 g/mol. The van der Waals surface area contributed by atoms with Crippen LogP contribution in [0.1, 0.15) is 36.6 Å². The molecule has 0 spiro atoms. The lowest BCUT2D eigenvalue weighted by molar-refractivity contribution is 0.315. The van der Waals surface area contributed by atoms with E-state index < -0.39 is 0 Å². The van der Waals surface area contributed by atoms with Crippen LogP contribution < -0.4 is 10.2 Å². The van der Waals surface area contributed by atoms with Crippen LogP contribution in [0.3, 0.4) is 0 Å². The Kier molecular flexibility index (Phi) is 3.54. The summed E-state index contributed by atoms with van der Waals surface area (Å²) in [4.78, 5) is 14.3. The maximum atomic E-state index is 4.87. The van der Waals surface area contributed by atoms with E-state index in [1.165, 1.54) is 24.8 Å². The Bertz CT molecular complexity index is 495. The van der Waals surface area contributed by atoms with E-state index >= 15 is 0 Å². The number of nitrogens with one attached hydrogen (secondary N) is 1. The molecular weight excluding hydrogens is 250 g/mol. The second-order valence-electron chi connectivity index (χ2n) is 6.26. The zero-order valence-corrected chi connectivity index (χ0v) is 13.0. The number of nitrogens with zero attached hydrogens (tertiary/aromatic N) is 4. The first kappa shape index (κ1) is 13.6. The zero-order chi connectivity index (χ0) is 14.3. The Balaban J connectivity index is 1.90. The van der Waals surface area contributed by atoms with Gasteiger partial charge in [0.25, 0.3) is 0 Å². The highest BCUT2D eigenvalue weighted by molar-refractivity contribution is 5.59. The molecule has 1 saturated carbocycles. The zero-order valence-electron chi connectivity index (χ0n) is 13.0. The van der Waals surface area contributed by atoms with Crippen molar-refractivity contribution in [1.82, 2.24) is 14.9 Å². The molecule has 1 N–H and O–H groups in total. The molecular formula is C15H25N5. The van der Waals surface area contributed by atoms with Crippen molar-refractivity contribution in [2.24, 2.45) is 0 Å². The van der Waals surface area contributed by atoms with Gasteiger partial charge in [-0.25, -0.2) is 9.97 Å². The molecule has 3 rings (SSSR count). The van der Waals surface area contributed by atoms with Crippen LogP contribution in [0.5, 0.6) is 0 Å². The Morgan fingerprint density at radius 2 is 1.95 bits per heavy atom. The van der Waals surface area contributed by atoms with Crippen LogP contribution >= 0.6 is 0 Å². The fourth-order valence-corrected chi connectivity index (χ4v) is 2.95. The molecule has 5 nitrogen and oxygen atoms in total. The molecule has 2 heterocycles. The molecule has 20 heavy (non-hydrogen) atoms. The monoisotopic (exact) mass is 275 g/mol. The number of hydrogen-bond acceptors (Lipinski definition) is 5. The topological polar surface area (TPSA) is 44.3 Å². The number of hydrogen-bond donors (Lipinski definition) is 1. The maximum absolute atomic E-state index is 4.87. The van der Waals surface area contributed by atoms with E-state index in [4.69, 9.17) is 4.98 Å². The van der Waals surface area contributed by atoms with Crippen LogP contribution in [0.15, 0.2) is 0 Å². The van der Waals surface area contributed by atoms with E-state index in [0.717, 1.165) is 30.5 Å². The Hall–Kier alpha value is -1.36. The predicted octanol–water partition coefficient (Wildman–Crippen LogP) is 1.84. The van der Waals surface area contributed by atoms with E-state index in [9.17, 15) is 0 Å². The lowest BCUT2D eigenvalue weighted by atomic mass is 10.2. The van der Waals surface area contributed by atoms with Crippen LogP contribution in [0.2, 0.25) is 0 Å². The molecule has 1 atom stereocenters. The molecule has 1 aromatic heterocycles. The van der Waals surface area contributed by atoms with Gasteiger partial charge in [-0.05, 0) is 40.3 Å². The number of anilines is 2. The van der Waals surface area contributed by atoms with Gasteiger partial charge in [-0.15, -0.1) is 0 Å². The summed E-state index contributed by atoms with van der Waals surface area (Å²) in [6.45, 7) is 4.28. The summed E-state index contributed by atoms with van der Waals surface area (Å²) < 4.78 is 0. The van der Waals surface area contributed by atoms with E-state index in [2.05, 4.69) is 41.1 Å². The first-order valence-corrected chi connectivity index (χ1v) is 7.57. The molecule has 1 unspecified atom stereocenters. The fraction of sp³-hybridized carbons (Fsp3) is 0.733. The molecule has 0 radical (unpaired) electrons. The van der Waals surface area contributed by atoms with Gasteiger partial charge in [0.1, 0.15) is 17.5 Å². The Morgan fingerprint density at radius 3 is 2.50 bits per heavy atom. The SMILES string of the molecule is CNc1nc(C2CC2)nc(N2CCC(N(C)C)C2)c1C. The van der Waals surface area contributed by atoms with Crippen molar-refractivity contribution in [2.75, 3.05) is 44.4 Å². The highest BCUT2D eigenvalue weighted by atomic mass is 15.3. The lowest BCUT2D eigenvalue weighted by Crippen LogP contribution is -2.32. The standard InChI is InChI=1S/C15H25N5/c1-10-13(16-2)17-14(11-5-6-11)18-15(10)20-8-7-12(9-20)19(3)4/h11-12H,5-9H2,1-4H3,(H,16,17,18). The quantitative estimate of drug-likeness (QED) is 0.908. The lowest BCUT2D eigenvalue weighted by Gasteiger charge is -2.23. The predicted molar refractivity (Wildman–Crippen MR) is 82.6 cm³/mol. The molecule has 1 aliphatic heterocycles. The number of likely N-dealkylation sites (N-methyl/N-ethyl adjacent to an activating group) is 1. The first-order valence-electron chi connectivity index (χ1n) is 7.57. The highest BCUT2D eigenvalue weighted by Gasteiger charge is 2.31. The minimum Gasteiger partial charge on any atom is -0.373 e. The molecule has 110 valence electrons. The van der Waals surface area contributed by atoms with Crippen molar-refractivity contribution in [1.29, 1.82) is 0 Å². The van der Waals surface area contributed by atoms with Gasteiger partial charge in [0.05, 0.1) is 0 Å². The second-order valence-corrected chi connectivity index (χ2v) is 6.26. The minimum atomic E-state index is 0.591. The van der Waals surface area contributed by atoms with Crippen LogP contribution in [0, 0.1) is 6.92 Å². The van der Waals surface area contributed by atoms with Crippen molar-refractivity contribution in [3.8, 4) is 0 Å². The molecule has 2 fully saturated rings. The molecule has 1 aromatic rings. The van der Waals surface area contributed by atoms with Crippen LogP contribution in [-0.4, -0.2) is 55.1 Å². The maximum Gasteiger partial charge on any atom is 0.137 e. The molecule has 1 aliphatic carbocycles. The summed E-state index contributed by atoms with van der Waals surface area (Å²) in [5.41, 5.74) is 1.18. The summed E-state index contributed by atoms with van der Waals surface area (Å²) in [5, 5.41) is 3.23. The van der Waals surface area contributed by atoms with E-state index in [0.29, 0.717) is 12.0 Å². The third kappa shape index (κ3) is 2.46. The Morgan fingerprint density at radius 1 is 1.20 bits per heavy atom. The van der Waals surface area contributed by atoms with Crippen LogP contribution in [-0.2, 0) is 0 Å². The van der Waals surface area contributed by atoms with E-state index in [1.54, 1.807) is 0 Å². The number of rotatable bonds is 4. The first-order chi connectivity index (χ1) is 9.60. The van der Waals surface area contributed by atoms with Gasteiger partial charge in [-0.1, -0.05) is 0 Å². The summed E-state index contributed by atoms with van der Waals surface area (Å²) in [6, 6.07) is 0.631. The van der Waals surface area contributed by atoms with Gasteiger partial charge in [-0.2, -0.15) is 0 Å². The second kappa shape index (κ2) is 5.20. The third-order valence-corrected chi connectivity index (χ3v) is 4.51. The van der Waals surface area contributed by atoms with E-state index in [-0.39, 0.29) is 0 Å². The minimum absolute atomic E-state index is 0.591. The molecule has 0 amide bonds. The van der Waals surface area contributed by atoms with Gasteiger partial charge in [0.15, 0.2) is 0 Å². The van der Waals surface area contributed by atoms with Gasteiger partial charge < -0.3 is 15.1 Å². The van der Waals surface area contributed by atoms with E-state index in [1.807, 2.05) is 7.05 Å². The van der Waals surface area contributed by atoms with Gasteiger partial charge in [0.2, 0.25) is 0 Å². The Labute approximate surface area is 121 Å². The summed E-state index contributed by atoms with van der Waals surface area (Å²) >= 11 is 0. The van der Waals surface area contributed by atoms with Gasteiger partial charge >= 0.3 is 0 Å². The van der Waals surface area contributed by atoms with Crippen molar-refractivity contribution in [2.45, 2.75) is 38.1 Å². The van der Waals surface area contributed by atoms with Gasteiger partial charge in [-0.3, -0.25) is 0 Å². The summed E-state index contributed by atoms with van der Waals surface area (Å²) in [5.74, 6) is 3.75. The fourth-order valence-electron chi connectivity index (χ4n) is 2.95. The summed E-state index contributed by atoms with van der Waals surface area (Å²) in [7, 11) is 6.27. The smallest absolute Gasteiger partial charge is 0.137 e. The van der Waals surface area contributed by atoms with Crippen molar-refractivity contribution in [3.63, 3.8) is 0 Å². The summed E-state index contributed by atoms with van der Waals surface area (Å²) in [6.07, 6.45) is 3.70. The highest BCUT2D eigenvalue weighted by Crippen LogP contribution is 2.40. The molecule has 0 bridgehead atoms. The van der Waals surface area contributed by atoms with Crippen LogP contribution in [0.4, 0.5) is 11.6 Å². The molecule has 1 saturated heterocycles. The molecule has 5 heteroatoms.